The van der Waals surface area contributed by atoms with Gasteiger partial charge in [-0.3, -0.25) is 14.6 Å². The second kappa shape index (κ2) is 8.98. The maximum Gasteiger partial charge on any atom is 0.240 e. The summed E-state index contributed by atoms with van der Waals surface area (Å²) in [6, 6.07) is 25.5. The van der Waals surface area contributed by atoms with Crippen molar-refractivity contribution in [1.29, 1.82) is 0 Å². The van der Waals surface area contributed by atoms with E-state index >= 15 is 0 Å². The van der Waals surface area contributed by atoms with Crippen LogP contribution in [0.5, 0.6) is 0 Å². The summed E-state index contributed by atoms with van der Waals surface area (Å²) >= 11 is 0. The number of aromatic nitrogens is 2. The van der Waals surface area contributed by atoms with Crippen LogP contribution in [-0.4, -0.2) is 27.8 Å². The van der Waals surface area contributed by atoms with Gasteiger partial charge in [0.2, 0.25) is 11.8 Å². The molecule has 0 bridgehead atoms. The topological polar surface area (TPSA) is 98.0 Å². The van der Waals surface area contributed by atoms with E-state index in [0.29, 0.717) is 5.69 Å². The van der Waals surface area contributed by atoms with Gasteiger partial charge < -0.3 is 11.1 Å². The average Bonchev–Trinajstić information content (AvgIpc) is 2.84. The Balaban J connectivity index is 1.65. The summed E-state index contributed by atoms with van der Waals surface area (Å²) in [4.78, 5) is 34.8. The second-order valence-electron chi connectivity index (χ2n) is 7.84. The summed E-state index contributed by atoms with van der Waals surface area (Å²) in [5, 5.41) is 2.87. The molecule has 0 unspecified atom stereocenters. The predicted octanol–water partition coefficient (Wildman–Crippen LogP) is 3.15. The van der Waals surface area contributed by atoms with E-state index in [-0.39, 0.29) is 12.3 Å². The summed E-state index contributed by atoms with van der Waals surface area (Å²) in [7, 11) is 0. The number of rotatable bonds is 7. The molecular weight excluding hydrogens is 400 g/mol. The van der Waals surface area contributed by atoms with Crippen LogP contribution >= 0.6 is 0 Å². The Morgan fingerprint density at radius 2 is 1.41 bits per heavy atom. The molecule has 1 aromatic heterocycles. The zero-order chi connectivity index (χ0) is 22.6. The van der Waals surface area contributed by atoms with Gasteiger partial charge in [-0.05, 0) is 30.2 Å². The minimum absolute atomic E-state index is 0.151. The summed E-state index contributed by atoms with van der Waals surface area (Å²) in [5.74, 6) is -0.941. The van der Waals surface area contributed by atoms with Crippen molar-refractivity contribution in [2.45, 2.75) is 24.8 Å². The molecular formula is C26H24N4O2. The molecule has 4 rings (SSSR count). The van der Waals surface area contributed by atoms with Gasteiger partial charge in [-0.1, -0.05) is 72.8 Å². The molecule has 160 valence electrons. The molecule has 0 aliphatic heterocycles. The highest BCUT2D eigenvalue weighted by molar-refractivity contribution is 5.95. The first-order valence-electron chi connectivity index (χ1n) is 10.4. The van der Waals surface area contributed by atoms with Crippen molar-refractivity contribution in [2.75, 3.05) is 0 Å². The van der Waals surface area contributed by atoms with Crippen molar-refractivity contribution >= 4 is 22.8 Å². The van der Waals surface area contributed by atoms with E-state index in [9.17, 15) is 9.59 Å². The Morgan fingerprint density at radius 3 is 1.97 bits per heavy atom. The molecule has 2 amide bonds. The Labute approximate surface area is 186 Å². The normalized spacial score (nSPS) is 12.3. The van der Waals surface area contributed by atoms with Crippen molar-refractivity contribution in [3.63, 3.8) is 0 Å². The van der Waals surface area contributed by atoms with E-state index < -0.39 is 17.4 Å². The van der Waals surface area contributed by atoms with Crippen LogP contribution in [0.15, 0.2) is 91.1 Å². The van der Waals surface area contributed by atoms with Crippen LogP contribution in [0, 0.1) is 0 Å². The van der Waals surface area contributed by atoms with E-state index in [1.165, 1.54) is 0 Å². The second-order valence-corrected chi connectivity index (χ2v) is 7.84. The lowest BCUT2D eigenvalue weighted by molar-refractivity contribution is -0.129. The number of primary amides is 1. The molecule has 6 heteroatoms. The molecule has 0 saturated carbocycles. The van der Waals surface area contributed by atoms with E-state index in [1.54, 1.807) is 6.20 Å². The molecule has 0 saturated heterocycles. The monoisotopic (exact) mass is 424 g/mol. The van der Waals surface area contributed by atoms with Gasteiger partial charge in [0.05, 0.1) is 22.1 Å². The Bertz CT molecular complexity index is 1200. The third kappa shape index (κ3) is 4.21. The molecule has 0 aliphatic rings. The van der Waals surface area contributed by atoms with E-state index in [0.717, 1.165) is 22.2 Å². The number of hydrogen-bond donors (Lipinski definition) is 2. The molecule has 6 nitrogen and oxygen atoms in total. The number of hydrogen-bond acceptors (Lipinski definition) is 4. The minimum Gasteiger partial charge on any atom is -0.368 e. The molecule has 3 aromatic carbocycles. The van der Waals surface area contributed by atoms with Crippen LogP contribution in [0.3, 0.4) is 0 Å². The Morgan fingerprint density at radius 1 is 0.875 bits per heavy atom. The standard InChI is InChI=1S/C26H24N4O2/c1-26(18-10-4-2-5-11-18,19-12-6-3-7-13-19)25(32)30-23(24(27)31)16-20-17-28-21-14-8-9-15-22(21)29-20/h2-15,17,23H,16H2,1H3,(H2,27,31)(H,30,32)/t23-/m1/s1. The number of carbonyl (C=O) groups is 2. The highest BCUT2D eigenvalue weighted by Crippen LogP contribution is 2.32. The maximum atomic E-state index is 13.6. The van der Waals surface area contributed by atoms with Crippen molar-refractivity contribution in [1.82, 2.24) is 15.3 Å². The predicted molar refractivity (Wildman–Crippen MR) is 124 cm³/mol. The van der Waals surface area contributed by atoms with Crippen molar-refractivity contribution < 1.29 is 9.59 Å². The third-order valence-corrected chi connectivity index (χ3v) is 5.72. The molecule has 3 N–H and O–H groups in total. The number of nitrogens with one attached hydrogen (secondary N) is 1. The summed E-state index contributed by atoms with van der Waals surface area (Å²) in [6.45, 7) is 1.85. The van der Waals surface area contributed by atoms with Crippen LogP contribution in [0.1, 0.15) is 23.7 Å². The highest BCUT2D eigenvalue weighted by Gasteiger charge is 2.38. The van der Waals surface area contributed by atoms with Gasteiger partial charge in [0.1, 0.15) is 6.04 Å². The average molecular weight is 425 g/mol. The van der Waals surface area contributed by atoms with Crippen molar-refractivity contribution in [2.24, 2.45) is 5.73 Å². The largest absolute Gasteiger partial charge is 0.368 e. The van der Waals surface area contributed by atoms with Crippen LogP contribution in [0.25, 0.3) is 11.0 Å². The first-order chi connectivity index (χ1) is 15.5. The van der Waals surface area contributed by atoms with Crippen LogP contribution in [0.2, 0.25) is 0 Å². The third-order valence-electron chi connectivity index (χ3n) is 5.72. The quantitative estimate of drug-likeness (QED) is 0.476. The summed E-state index contributed by atoms with van der Waals surface area (Å²) in [5.41, 5.74) is 8.35. The SMILES string of the molecule is CC(C(=O)N[C@H](Cc1cnc2ccccc2n1)C(N)=O)(c1ccccc1)c1ccccc1. The Hall–Kier alpha value is -4.06. The molecule has 0 fully saturated rings. The van der Waals surface area contributed by atoms with Gasteiger partial charge in [-0.15, -0.1) is 0 Å². The van der Waals surface area contributed by atoms with E-state index in [2.05, 4.69) is 15.3 Å². The summed E-state index contributed by atoms with van der Waals surface area (Å²) < 4.78 is 0. The fourth-order valence-corrected chi connectivity index (χ4v) is 3.80. The van der Waals surface area contributed by atoms with Crippen LogP contribution in [0.4, 0.5) is 0 Å². The van der Waals surface area contributed by atoms with Crippen molar-refractivity contribution in [3.05, 3.63) is 108 Å². The lowest BCUT2D eigenvalue weighted by Crippen LogP contribution is -2.52. The molecule has 0 radical (unpaired) electrons. The van der Waals surface area contributed by atoms with Gasteiger partial charge in [-0.25, -0.2) is 4.98 Å². The lowest BCUT2D eigenvalue weighted by Gasteiger charge is -2.31. The first-order valence-corrected chi connectivity index (χ1v) is 10.4. The van der Waals surface area contributed by atoms with Gasteiger partial charge in [0.25, 0.3) is 0 Å². The van der Waals surface area contributed by atoms with E-state index in [4.69, 9.17) is 5.73 Å². The van der Waals surface area contributed by atoms with E-state index in [1.807, 2.05) is 91.9 Å². The zero-order valence-electron chi connectivity index (χ0n) is 17.7. The Kier molecular flexibility index (Phi) is 5.94. The lowest BCUT2D eigenvalue weighted by atomic mass is 9.75. The minimum atomic E-state index is -1.01. The van der Waals surface area contributed by atoms with Crippen LogP contribution in [-0.2, 0) is 21.4 Å². The number of fused-ring (bicyclic) bond motifs is 1. The number of benzene rings is 3. The smallest absolute Gasteiger partial charge is 0.240 e. The molecule has 1 atom stereocenters. The fraction of sp³-hybridized carbons (Fsp3) is 0.154. The highest BCUT2D eigenvalue weighted by atomic mass is 16.2. The van der Waals surface area contributed by atoms with Crippen LogP contribution < -0.4 is 11.1 Å². The van der Waals surface area contributed by atoms with Gasteiger partial charge in [0.15, 0.2) is 0 Å². The number of carbonyl (C=O) groups excluding carboxylic acids is 2. The fourth-order valence-electron chi connectivity index (χ4n) is 3.80. The first kappa shape index (κ1) is 21.2. The number of nitrogens with zero attached hydrogens (tertiary/aromatic N) is 2. The molecule has 4 aromatic rings. The number of nitrogens with two attached hydrogens (primary N) is 1. The van der Waals surface area contributed by atoms with Gasteiger partial charge in [-0.2, -0.15) is 0 Å². The molecule has 32 heavy (non-hydrogen) atoms. The molecule has 1 heterocycles. The summed E-state index contributed by atoms with van der Waals surface area (Å²) in [6.07, 6.45) is 1.76. The number of amides is 2. The molecule has 0 aliphatic carbocycles. The zero-order valence-corrected chi connectivity index (χ0v) is 17.7. The number of para-hydroxylation sites is 2. The van der Waals surface area contributed by atoms with Crippen molar-refractivity contribution in [3.8, 4) is 0 Å². The maximum absolute atomic E-state index is 13.6. The van der Waals surface area contributed by atoms with Gasteiger partial charge in [0, 0.05) is 12.6 Å². The molecule has 0 spiro atoms. The van der Waals surface area contributed by atoms with Gasteiger partial charge >= 0.3 is 0 Å².